The van der Waals surface area contributed by atoms with Gasteiger partial charge in [0, 0.05) is 37.4 Å². The number of fused-ring (bicyclic) bond motifs is 4. The fourth-order valence-electron chi connectivity index (χ4n) is 7.74. The van der Waals surface area contributed by atoms with E-state index in [2.05, 4.69) is 159 Å². The fourth-order valence-corrected chi connectivity index (χ4v) is 9.45. The average molecular weight is 954 g/mol. The number of furan rings is 1. The van der Waals surface area contributed by atoms with Gasteiger partial charge in [0.2, 0.25) is 0 Å². The Morgan fingerprint density at radius 3 is 2.10 bits per heavy atom. The minimum Gasteiger partial charge on any atom is -0.501 e. The van der Waals surface area contributed by atoms with E-state index in [0.717, 1.165) is 55.8 Å². The molecule has 4 aromatic heterocycles. The van der Waals surface area contributed by atoms with Crippen LogP contribution >= 0.6 is 0 Å². The maximum Gasteiger partial charge on any atom is 0.190 e. The molecule has 8 heteroatoms. The maximum atomic E-state index is 6.44. The van der Waals surface area contributed by atoms with Gasteiger partial charge in [-0.25, -0.2) is 0 Å². The summed E-state index contributed by atoms with van der Waals surface area (Å²) in [6, 6.07) is 46.3. The predicted molar refractivity (Wildman–Crippen MR) is 238 cm³/mol. The molecule has 0 amide bonds. The number of imidazole rings is 1. The maximum absolute atomic E-state index is 6.44. The third-order valence-electron chi connectivity index (χ3n) is 10.6. The molecule has 293 valence electrons. The van der Waals surface area contributed by atoms with E-state index in [0.29, 0.717) is 5.65 Å². The summed E-state index contributed by atoms with van der Waals surface area (Å²) >= 11 is 0. The van der Waals surface area contributed by atoms with Crippen LogP contribution in [0.15, 0.2) is 132 Å². The molecule has 9 aromatic rings. The van der Waals surface area contributed by atoms with Crippen molar-refractivity contribution in [3.8, 4) is 39.5 Å². The monoisotopic (exact) mass is 954 g/mol. The summed E-state index contributed by atoms with van der Waals surface area (Å²) < 4.78 is 8.69. The van der Waals surface area contributed by atoms with Crippen molar-refractivity contribution in [3.05, 3.63) is 156 Å². The average Bonchev–Trinajstić information content (AvgIpc) is 3.79. The predicted octanol–water partition coefficient (Wildman–Crippen LogP) is 12.5. The largest absolute Gasteiger partial charge is 0.501 e. The van der Waals surface area contributed by atoms with E-state index in [4.69, 9.17) is 9.40 Å². The molecule has 9 rings (SSSR count). The summed E-state index contributed by atoms with van der Waals surface area (Å²) in [7, 11) is -1.27. The number of pyridine rings is 1. The molecular weight excluding hydrogens is 907 g/mol. The molecule has 5 aromatic carbocycles. The summed E-state index contributed by atoms with van der Waals surface area (Å²) in [6.07, 6.45) is 3.79. The zero-order valence-electron chi connectivity index (χ0n) is 34.3. The van der Waals surface area contributed by atoms with Crippen LogP contribution in [0.5, 0.6) is 0 Å². The van der Waals surface area contributed by atoms with Crippen molar-refractivity contribution in [1.82, 2.24) is 24.7 Å². The molecule has 1 radical (unpaired) electrons. The van der Waals surface area contributed by atoms with Crippen LogP contribution in [-0.2, 0) is 20.1 Å². The van der Waals surface area contributed by atoms with E-state index in [1.54, 1.807) is 6.20 Å². The first-order valence-corrected chi connectivity index (χ1v) is 23.2. The van der Waals surface area contributed by atoms with Crippen molar-refractivity contribution in [2.45, 2.75) is 66.1 Å². The molecule has 4 heterocycles. The van der Waals surface area contributed by atoms with Gasteiger partial charge in [0.1, 0.15) is 5.58 Å². The Balaban J connectivity index is 0.000000240. The molecule has 0 unspecified atom stereocenters. The number of aromatic nitrogens is 5. The van der Waals surface area contributed by atoms with Crippen LogP contribution in [0.25, 0.3) is 72.6 Å². The zero-order chi connectivity index (χ0) is 39.8. The van der Waals surface area contributed by atoms with E-state index in [9.17, 15) is 0 Å². The first-order chi connectivity index (χ1) is 27.5. The Morgan fingerprint density at radius 1 is 0.724 bits per heavy atom. The van der Waals surface area contributed by atoms with Gasteiger partial charge in [-0.1, -0.05) is 118 Å². The van der Waals surface area contributed by atoms with Gasteiger partial charge in [0.25, 0.3) is 0 Å². The van der Waals surface area contributed by atoms with Crippen molar-refractivity contribution >= 4 is 46.4 Å². The van der Waals surface area contributed by atoms with E-state index in [-0.39, 0.29) is 31.9 Å². The van der Waals surface area contributed by atoms with Crippen molar-refractivity contribution < 1.29 is 24.5 Å². The summed E-state index contributed by atoms with van der Waals surface area (Å²) in [5.74, 6) is 1.28. The minimum atomic E-state index is -1.27. The van der Waals surface area contributed by atoms with Gasteiger partial charge in [-0.05, 0) is 76.2 Å². The molecule has 0 saturated carbocycles. The molecular formula is C50H47IrN5OSi-2. The second-order valence-corrected chi connectivity index (χ2v) is 21.3. The van der Waals surface area contributed by atoms with E-state index < -0.39 is 8.07 Å². The van der Waals surface area contributed by atoms with E-state index in [1.807, 2.05) is 48.5 Å². The molecule has 58 heavy (non-hydrogen) atoms. The summed E-state index contributed by atoms with van der Waals surface area (Å²) in [4.78, 5) is 9.64. The molecule has 0 spiro atoms. The van der Waals surface area contributed by atoms with Crippen LogP contribution in [0.1, 0.15) is 56.2 Å². The van der Waals surface area contributed by atoms with Crippen LogP contribution in [0.2, 0.25) is 19.6 Å². The molecule has 0 N–H and O–H groups in total. The quantitative estimate of drug-likeness (QED) is 0.118. The van der Waals surface area contributed by atoms with Gasteiger partial charge in [0.15, 0.2) is 5.65 Å². The minimum absolute atomic E-state index is 0. The summed E-state index contributed by atoms with van der Waals surface area (Å²) in [6.45, 7) is 18.2. The molecule has 0 aliphatic heterocycles. The molecule has 0 fully saturated rings. The van der Waals surface area contributed by atoms with Crippen molar-refractivity contribution in [3.63, 3.8) is 0 Å². The number of rotatable bonds is 7. The third-order valence-corrected chi connectivity index (χ3v) is 12.7. The van der Waals surface area contributed by atoms with Crippen molar-refractivity contribution in [2.75, 3.05) is 0 Å². The molecule has 0 aliphatic rings. The van der Waals surface area contributed by atoms with Crippen molar-refractivity contribution in [2.24, 2.45) is 0 Å². The standard InChI is InChI=1S/C35H29N4O.C15H18NSi.Ir/c1-21(2)28-19-24(23-11-6-5-7-12-23)20-29(22(3)4)32(28)39-30-17-18-36-38-34(30)37-35(39)27-15-10-14-26-25-13-8-9-16-31(25)40-33(26)27;1-12-10-14(13-8-6-5-7-9-13)16-11-15(12)17(2,3)4;/h5-14,16-22H,1-4H3;5-8,10-11H,1-4H3;/q2*-1;. The number of hydrogen-bond donors (Lipinski definition) is 0. The number of benzene rings is 5. The van der Waals surface area contributed by atoms with Crippen LogP contribution in [-0.4, -0.2) is 32.8 Å². The Bertz CT molecular complexity index is 2830. The number of aryl methyl sites for hydroxylation is 1. The zero-order valence-corrected chi connectivity index (χ0v) is 37.7. The van der Waals surface area contributed by atoms with Gasteiger partial charge >= 0.3 is 0 Å². The van der Waals surface area contributed by atoms with Crippen LogP contribution in [0.4, 0.5) is 0 Å². The number of para-hydroxylation sites is 1. The molecule has 0 bridgehead atoms. The smallest absolute Gasteiger partial charge is 0.190 e. The molecule has 0 atom stereocenters. The van der Waals surface area contributed by atoms with Crippen LogP contribution in [0.3, 0.4) is 0 Å². The first-order valence-electron chi connectivity index (χ1n) is 19.7. The number of nitrogens with zero attached hydrogens (tertiary/aromatic N) is 5. The summed E-state index contributed by atoms with van der Waals surface area (Å²) in [5.41, 5.74) is 13.4. The van der Waals surface area contributed by atoms with Gasteiger partial charge in [0.05, 0.1) is 31.2 Å². The Morgan fingerprint density at radius 2 is 1.43 bits per heavy atom. The van der Waals surface area contributed by atoms with Crippen molar-refractivity contribution in [1.29, 1.82) is 0 Å². The van der Waals surface area contributed by atoms with Crippen LogP contribution < -0.4 is 5.19 Å². The molecule has 0 aliphatic carbocycles. The number of hydrogen-bond acceptors (Lipinski definition) is 5. The summed E-state index contributed by atoms with van der Waals surface area (Å²) in [5, 5.41) is 12.1. The van der Waals surface area contributed by atoms with Gasteiger partial charge in [-0.2, -0.15) is 5.10 Å². The van der Waals surface area contributed by atoms with E-state index >= 15 is 0 Å². The van der Waals surface area contributed by atoms with Gasteiger partial charge in [-0.15, -0.1) is 59.2 Å². The Hall–Kier alpha value is -5.53. The molecule has 6 nitrogen and oxygen atoms in total. The SMILES string of the molecule is CC(C)c1cc(-c2ccccc2)cc(C(C)C)c1-n1c(-c2[c-]ccc3c2oc2ccccc23)nc2nnccc21.Cc1cc(-c2[c-]cccc2)ncc1[Si](C)(C)C.[Ir]. The molecule has 0 saturated heterocycles. The Kier molecular flexibility index (Phi) is 11.7. The third kappa shape index (κ3) is 7.84. The first kappa shape index (κ1) is 40.7. The normalized spacial score (nSPS) is 11.6. The topological polar surface area (TPSA) is 69.6 Å². The van der Waals surface area contributed by atoms with Crippen LogP contribution in [0, 0.1) is 19.1 Å². The van der Waals surface area contributed by atoms with Gasteiger partial charge in [-0.3, -0.25) is 4.98 Å². The Labute approximate surface area is 355 Å². The van der Waals surface area contributed by atoms with E-state index in [1.165, 1.54) is 33.0 Å². The van der Waals surface area contributed by atoms with Gasteiger partial charge < -0.3 is 14.0 Å². The second kappa shape index (κ2) is 16.7. The second-order valence-electron chi connectivity index (χ2n) is 16.3. The fraction of sp³-hybridized carbons (Fsp3) is 0.200.